The number of amides is 3. The molecule has 1 N–H and O–H groups in total. The largest absolute Gasteiger partial charge is 0.467 e. The van der Waals surface area contributed by atoms with Gasteiger partial charge in [-0.25, -0.2) is 4.39 Å². The summed E-state index contributed by atoms with van der Waals surface area (Å²) in [5, 5.41) is 2.84. The standard InChI is InChI=1S/C27H26FN3O5/c28-21-10-8-20(9-11-21)25(33)30-14-12-27(13-15-30)31(26(34)19-5-2-1-3-6-19)23(18-36-27)24(32)29-17-22-7-4-16-35-22/h1-11,16,23H,12-15,17-18H2,(H,29,32). The summed E-state index contributed by atoms with van der Waals surface area (Å²) in [6.45, 7) is 0.905. The number of ether oxygens (including phenoxy) is 1. The SMILES string of the molecule is O=C(NCc1ccco1)C1COC2(CCN(C(=O)c3ccc(F)cc3)CC2)N1C(=O)c1ccccc1. The molecule has 3 heterocycles. The van der Waals surface area contributed by atoms with E-state index in [9.17, 15) is 18.8 Å². The van der Waals surface area contributed by atoms with Gasteiger partial charge in [0.1, 0.15) is 23.3 Å². The van der Waals surface area contributed by atoms with Crippen LogP contribution < -0.4 is 5.32 Å². The molecule has 0 radical (unpaired) electrons. The number of likely N-dealkylation sites (tertiary alicyclic amines) is 1. The van der Waals surface area contributed by atoms with Crippen molar-refractivity contribution in [2.45, 2.75) is 31.2 Å². The van der Waals surface area contributed by atoms with E-state index in [1.165, 1.54) is 30.5 Å². The molecule has 1 atom stereocenters. The van der Waals surface area contributed by atoms with Crippen molar-refractivity contribution < 1.29 is 27.9 Å². The van der Waals surface area contributed by atoms with Gasteiger partial charge >= 0.3 is 0 Å². The van der Waals surface area contributed by atoms with Gasteiger partial charge in [0.05, 0.1) is 19.4 Å². The van der Waals surface area contributed by atoms with E-state index in [2.05, 4.69) is 5.32 Å². The van der Waals surface area contributed by atoms with Crippen LogP contribution in [0.2, 0.25) is 0 Å². The number of halogens is 1. The first kappa shape index (κ1) is 23.7. The Morgan fingerprint density at radius 2 is 1.61 bits per heavy atom. The van der Waals surface area contributed by atoms with Crippen molar-refractivity contribution in [1.29, 1.82) is 0 Å². The maximum atomic E-state index is 13.7. The maximum Gasteiger partial charge on any atom is 0.256 e. The van der Waals surface area contributed by atoms with Crippen LogP contribution in [0.25, 0.3) is 0 Å². The third kappa shape index (κ3) is 4.61. The normalized spacial score (nSPS) is 18.9. The highest BCUT2D eigenvalue weighted by Crippen LogP contribution is 2.38. The zero-order valence-electron chi connectivity index (χ0n) is 19.6. The van der Waals surface area contributed by atoms with Gasteiger partial charge in [-0.2, -0.15) is 0 Å². The lowest BCUT2D eigenvalue weighted by atomic mass is 9.96. The van der Waals surface area contributed by atoms with Crippen molar-refractivity contribution in [2.24, 2.45) is 0 Å². The Balaban J connectivity index is 1.35. The molecule has 36 heavy (non-hydrogen) atoms. The molecule has 2 aliphatic rings. The van der Waals surface area contributed by atoms with Crippen molar-refractivity contribution in [3.63, 3.8) is 0 Å². The highest BCUT2D eigenvalue weighted by Gasteiger charge is 2.54. The fourth-order valence-electron chi connectivity index (χ4n) is 4.83. The monoisotopic (exact) mass is 491 g/mol. The quantitative estimate of drug-likeness (QED) is 0.592. The zero-order valence-corrected chi connectivity index (χ0v) is 19.6. The average Bonchev–Trinajstić information content (AvgIpc) is 3.56. The van der Waals surface area contributed by atoms with Gasteiger partial charge in [0.15, 0.2) is 0 Å². The topological polar surface area (TPSA) is 92.1 Å². The summed E-state index contributed by atoms with van der Waals surface area (Å²) in [5.41, 5.74) is -0.165. The van der Waals surface area contributed by atoms with E-state index >= 15 is 0 Å². The average molecular weight is 492 g/mol. The Morgan fingerprint density at radius 3 is 2.28 bits per heavy atom. The van der Waals surface area contributed by atoms with E-state index in [0.29, 0.717) is 42.8 Å². The van der Waals surface area contributed by atoms with E-state index in [0.717, 1.165) is 0 Å². The molecule has 5 rings (SSSR count). The molecular formula is C27H26FN3O5. The van der Waals surface area contributed by atoms with Gasteiger partial charge in [-0.3, -0.25) is 19.3 Å². The smallest absolute Gasteiger partial charge is 0.256 e. The summed E-state index contributed by atoms with van der Waals surface area (Å²) < 4.78 is 24.8. The number of carbonyl (C=O) groups excluding carboxylic acids is 3. The molecule has 0 saturated carbocycles. The summed E-state index contributed by atoms with van der Waals surface area (Å²) in [7, 11) is 0. The van der Waals surface area contributed by atoms with Crippen molar-refractivity contribution in [2.75, 3.05) is 19.7 Å². The second-order valence-corrected chi connectivity index (χ2v) is 8.91. The molecule has 3 aromatic rings. The van der Waals surface area contributed by atoms with Gasteiger partial charge in [0, 0.05) is 37.1 Å². The summed E-state index contributed by atoms with van der Waals surface area (Å²) in [6, 6.07) is 16.9. The lowest BCUT2D eigenvalue weighted by Crippen LogP contribution is -2.59. The lowest BCUT2D eigenvalue weighted by molar-refractivity contribution is -0.128. The predicted molar refractivity (Wildman–Crippen MR) is 127 cm³/mol. The molecule has 0 aliphatic carbocycles. The van der Waals surface area contributed by atoms with Crippen LogP contribution in [0.5, 0.6) is 0 Å². The maximum absolute atomic E-state index is 13.7. The number of piperidine rings is 1. The first-order chi connectivity index (χ1) is 17.5. The van der Waals surface area contributed by atoms with Crippen LogP contribution in [0.15, 0.2) is 77.4 Å². The van der Waals surface area contributed by atoms with E-state index in [1.807, 2.05) is 6.07 Å². The summed E-state index contributed by atoms with van der Waals surface area (Å²) >= 11 is 0. The number of furan rings is 1. The Bertz CT molecular complexity index is 1220. The van der Waals surface area contributed by atoms with Gasteiger partial charge in [0.2, 0.25) is 5.91 Å². The van der Waals surface area contributed by atoms with Crippen molar-refractivity contribution in [3.8, 4) is 0 Å². The van der Waals surface area contributed by atoms with E-state index in [4.69, 9.17) is 9.15 Å². The van der Waals surface area contributed by atoms with Crippen molar-refractivity contribution >= 4 is 17.7 Å². The van der Waals surface area contributed by atoms with Gasteiger partial charge in [-0.05, 0) is 48.5 Å². The molecule has 1 aromatic heterocycles. The van der Waals surface area contributed by atoms with Crippen molar-refractivity contribution in [1.82, 2.24) is 15.1 Å². The summed E-state index contributed by atoms with van der Waals surface area (Å²) in [5.74, 6) is -0.654. The number of carbonyl (C=O) groups is 3. The Hall–Kier alpha value is -3.98. The first-order valence-electron chi connectivity index (χ1n) is 11.8. The van der Waals surface area contributed by atoms with Crippen LogP contribution in [0, 0.1) is 5.82 Å². The van der Waals surface area contributed by atoms with E-state index in [-0.39, 0.29) is 30.9 Å². The third-order valence-electron chi connectivity index (χ3n) is 6.74. The molecule has 3 amide bonds. The second kappa shape index (κ2) is 9.94. The molecule has 0 bridgehead atoms. The van der Waals surface area contributed by atoms with E-state index < -0.39 is 17.6 Å². The van der Waals surface area contributed by atoms with Crippen LogP contribution in [0.4, 0.5) is 4.39 Å². The van der Waals surface area contributed by atoms with Gasteiger partial charge in [-0.15, -0.1) is 0 Å². The highest BCUT2D eigenvalue weighted by molar-refractivity contribution is 5.98. The van der Waals surface area contributed by atoms with E-state index in [1.54, 1.807) is 46.2 Å². The molecular weight excluding hydrogens is 465 g/mol. The summed E-state index contributed by atoms with van der Waals surface area (Å²) in [6.07, 6.45) is 2.22. The fraction of sp³-hybridized carbons (Fsp3) is 0.296. The molecule has 9 heteroatoms. The van der Waals surface area contributed by atoms with Crippen LogP contribution in [-0.4, -0.2) is 59.0 Å². The number of hydrogen-bond donors (Lipinski definition) is 1. The molecule has 1 spiro atoms. The van der Waals surface area contributed by atoms with Crippen LogP contribution in [0.1, 0.15) is 39.3 Å². The predicted octanol–water partition coefficient (Wildman–Crippen LogP) is 3.21. The number of nitrogens with zero attached hydrogens (tertiary/aromatic N) is 2. The number of nitrogens with one attached hydrogen (secondary N) is 1. The molecule has 1 unspecified atom stereocenters. The van der Waals surface area contributed by atoms with Crippen LogP contribution >= 0.6 is 0 Å². The number of benzene rings is 2. The lowest BCUT2D eigenvalue weighted by Gasteiger charge is -2.44. The minimum atomic E-state index is -1.01. The minimum absolute atomic E-state index is 0.0501. The Labute approximate surface area is 207 Å². The molecule has 2 saturated heterocycles. The first-order valence-corrected chi connectivity index (χ1v) is 11.8. The molecule has 2 fully saturated rings. The highest BCUT2D eigenvalue weighted by atomic mass is 19.1. The van der Waals surface area contributed by atoms with Crippen molar-refractivity contribution in [3.05, 3.63) is 95.7 Å². The third-order valence-corrected chi connectivity index (χ3v) is 6.74. The molecule has 8 nitrogen and oxygen atoms in total. The Kier molecular flexibility index (Phi) is 6.56. The number of hydrogen-bond acceptors (Lipinski definition) is 5. The van der Waals surface area contributed by atoms with Gasteiger partial charge < -0.3 is 19.4 Å². The number of rotatable bonds is 5. The Morgan fingerprint density at radius 1 is 0.917 bits per heavy atom. The van der Waals surface area contributed by atoms with Crippen LogP contribution in [0.3, 0.4) is 0 Å². The van der Waals surface area contributed by atoms with Gasteiger partial charge in [-0.1, -0.05) is 18.2 Å². The fourth-order valence-corrected chi connectivity index (χ4v) is 4.83. The van der Waals surface area contributed by atoms with Crippen LogP contribution in [-0.2, 0) is 16.1 Å². The minimum Gasteiger partial charge on any atom is -0.467 e. The molecule has 186 valence electrons. The van der Waals surface area contributed by atoms with Gasteiger partial charge in [0.25, 0.3) is 11.8 Å². The zero-order chi connectivity index (χ0) is 25.1. The second-order valence-electron chi connectivity index (χ2n) is 8.91. The molecule has 2 aromatic carbocycles. The summed E-state index contributed by atoms with van der Waals surface area (Å²) in [4.78, 5) is 43.0. The molecule has 2 aliphatic heterocycles.